The average Bonchev–Trinajstić information content (AvgIpc) is 2.31. The third-order valence-corrected chi connectivity index (χ3v) is 3.22. The van der Waals surface area contributed by atoms with Crippen LogP contribution in [0.1, 0.15) is 31.3 Å². The third-order valence-electron chi connectivity index (χ3n) is 2.41. The second kappa shape index (κ2) is 4.87. The first kappa shape index (κ1) is 13.9. The summed E-state index contributed by atoms with van der Waals surface area (Å²) in [5, 5.41) is 4.26. The number of nitrogens with zero attached hydrogens (tertiary/aromatic N) is 3. The fourth-order valence-electron chi connectivity index (χ4n) is 1.65. The summed E-state index contributed by atoms with van der Waals surface area (Å²) in [5.41, 5.74) is 1.26. The van der Waals surface area contributed by atoms with Gasteiger partial charge in [0.25, 0.3) is 0 Å². The Morgan fingerprint density at radius 3 is 2.74 bits per heavy atom. The van der Waals surface area contributed by atoms with Crippen molar-refractivity contribution < 1.29 is 9.53 Å². The Morgan fingerprint density at radius 1 is 1.42 bits per heavy atom. The number of carbonyl (C=O) groups is 1. The average molecular weight is 324 g/mol. The summed E-state index contributed by atoms with van der Waals surface area (Å²) in [6, 6.07) is 3.73. The molecule has 0 aliphatic rings. The van der Waals surface area contributed by atoms with Crippen LogP contribution in [0.5, 0.6) is 0 Å². The maximum absolute atomic E-state index is 12.1. The van der Waals surface area contributed by atoms with Crippen molar-refractivity contribution >= 4 is 32.6 Å². The second-order valence-electron chi connectivity index (χ2n) is 5.17. The topological polar surface area (TPSA) is 57.0 Å². The molecule has 2 rings (SSSR count). The summed E-state index contributed by atoms with van der Waals surface area (Å²) < 4.78 is 7.59. The van der Waals surface area contributed by atoms with E-state index in [-0.39, 0.29) is 5.69 Å². The molecule has 19 heavy (non-hydrogen) atoms. The molecule has 0 radical (unpaired) electrons. The van der Waals surface area contributed by atoms with Crippen LogP contribution in [-0.4, -0.2) is 41.9 Å². The van der Waals surface area contributed by atoms with E-state index in [4.69, 9.17) is 4.74 Å². The Bertz CT molecular complexity index is 701. The van der Waals surface area contributed by atoms with Crippen molar-refractivity contribution in [2.24, 2.45) is 7.05 Å². The van der Waals surface area contributed by atoms with Crippen molar-refractivity contribution in [3.63, 3.8) is 0 Å². The Labute approximate surface area is 119 Å². The summed E-state index contributed by atoms with van der Waals surface area (Å²) >= 11 is 2.87. The zero-order chi connectivity index (χ0) is 14.2. The molecule has 2 aromatic rings. The van der Waals surface area contributed by atoms with Gasteiger partial charge in [0.1, 0.15) is 0 Å². The molecule has 0 spiro atoms. The van der Waals surface area contributed by atoms with Gasteiger partial charge in [0.2, 0.25) is 0 Å². The van der Waals surface area contributed by atoms with E-state index in [0.717, 1.165) is 5.52 Å². The van der Waals surface area contributed by atoms with Gasteiger partial charge in [0, 0.05) is 0 Å². The van der Waals surface area contributed by atoms with Gasteiger partial charge in [-0.05, 0) is 0 Å². The predicted octanol–water partition coefficient (Wildman–Crippen LogP) is 1.62. The molecule has 0 amide bonds. The summed E-state index contributed by atoms with van der Waals surface area (Å²) in [6.07, 6.45) is 1.68. The molecule has 0 saturated heterocycles. The third kappa shape index (κ3) is 2.91. The fraction of sp³-hybridized carbons (Fsp3) is 0.385. The minimum atomic E-state index is -0.553. The molecular formula is C13H15N3O2Se. The molecule has 5 nitrogen and oxygen atoms in total. The molecule has 2 heterocycles. The first-order valence-corrected chi connectivity index (χ1v) is 6.70. The van der Waals surface area contributed by atoms with Crippen molar-refractivity contribution in [2.45, 2.75) is 26.4 Å². The quantitative estimate of drug-likeness (QED) is 0.591. The standard InChI is InChI=1S/C13H15N3O2Se/c1-13(2,3)18-12(17)10-11(19)9-8(16(4)15-10)6-5-7-14-9/h5-7H,1-4H3. The Hall–Kier alpha value is -1.52. The summed E-state index contributed by atoms with van der Waals surface area (Å²) in [5.74, 6) is -0.454. The van der Waals surface area contributed by atoms with Gasteiger partial charge in [0.05, 0.1) is 0 Å². The van der Waals surface area contributed by atoms with Gasteiger partial charge in [-0.1, -0.05) is 0 Å². The number of pyridine rings is 1. The number of hydrogen-bond acceptors (Lipinski definition) is 4. The number of hydrogen-bond donors (Lipinski definition) is 0. The van der Waals surface area contributed by atoms with E-state index in [1.165, 1.54) is 0 Å². The SMILES string of the molecule is Cn1nc(C(=O)OC(C)(C)C)c(=[Se])c2ncccc21. The molecule has 0 unspecified atom stereocenters. The van der Waals surface area contributed by atoms with Crippen LogP contribution < -0.4 is 0 Å². The molecule has 2 aromatic heterocycles. The molecule has 0 N–H and O–H groups in total. The van der Waals surface area contributed by atoms with Crippen molar-refractivity contribution in [3.05, 3.63) is 28.1 Å². The van der Waals surface area contributed by atoms with Gasteiger partial charge < -0.3 is 0 Å². The normalized spacial score (nSPS) is 11.6. The van der Waals surface area contributed by atoms with E-state index >= 15 is 0 Å². The predicted molar refractivity (Wildman–Crippen MR) is 72.7 cm³/mol. The van der Waals surface area contributed by atoms with Gasteiger partial charge in [-0.2, -0.15) is 0 Å². The van der Waals surface area contributed by atoms with Gasteiger partial charge in [-0.3, -0.25) is 0 Å². The molecule has 0 fully saturated rings. The Kier molecular flexibility index (Phi) is 3.56. The monoisotopic (exact) mass is 325 g/mol. The van der Waals surface area contributed by atoms with Crippen molar-refractivity contribution in [1.82, 2.24) is 14.8 Å². The van der Waals surface area contributed by atoms with Crippen molar-refractivity contribution in [3.8, 4) is 0 Å². The molecule has 6 heteroatoms. The van der Waals surface area contributed by atoms with Crippen LogP contribution in [0.25, 0.3) is 11.0 Å². The zero-order valence-electron chi connectivity index (χ0n) is 11.3. The molecule has 0 aliphatic heterocycles. The van der Waals surface area contributed by atoms with E-state index in [0.29, 0.717) is 9.58 Å². The molecule has 0 atom stereocenters. The van der Waals surface area contributed by atoms with E-state index in [2.05, 4.69) is 25.7 Å². The zero-order valence-corrected chi connectivity index (χ0v) is 13.0. The minimum absolute atomic E-state index is 0.253. The van der Waals surface area contributed by atoms with E-state index in [1.807, 2.05) is 32.9 Å². The van der Waals surface area contributed by atoms with Crippen LogP contribution in [0.15, 0.2) is 18.3 Å². The van der Waals surface area contributed by atoms with Gasteiger partial charge >= 0.3 is 118 Å². The van der Waals surface area contributed by atoms with Gasteiger partial charge in [0.15, 0.2) is 0 Å². The Balaban J connectivity index is 2.60. The van der Waals surface area contributed by atoms with Gasteiger partial charge in [-0.15, -0.1) is 0 Å². The number of carbonyl (C=O) groups excluding carboxylic acids is 1. The fourth-order valence-corrected chi connectivity index (χ4v) is 2.24. The number of ether oxygens (including phenoxy) is 1. The van der Waals surface area contributed by atoms with E-state index < -0.39 is 11.6 Å². The molecule has 0 bridgehead atoms. The van der Waals surface area contributed by atoms with Crippen LogP contribution in [0, 0.1) is 4.06 Å². The molecular weight excluding hydrogens is 309 g/mol. The molecule has 0 aromatic carbocycles. The summed E-state index contributed by atoms with van der Waals surface area (Å²) in [6.45, 7) is 5.47. The van der Waals surface area contributed by atoms with Crippen LogP contribution in [0.3, 0.4) is 0 Å². The Morgan fingerprint density at radius 2 is 2.11 bits per heavy atom. The van der Waals surface area contributed by atoms with E-state index in [9.17, 15) is 4.79 Å². The number of aryl methyl sites for hydroxylation is 1. The summed E-state index contributed by atoms with van der Waals surface area (Å²) in [7, 11) is 1.78. The molecule has 100 valence electrons. The van der Waals surface area contributed by atoms with E-state index in [1.54, 1.807) is 17.9 Å². The van der Waals surface area contributed by atoms with Crippen molar-refractivity contribution in [1.29, 1.82) is 0 Å². The first-order valence-electron chi connectivity index (χ1n) is 5.85. The number of fused-ring (bicyclic) bond motifs is 1. The number of rotatable bonds is 1. The van der Waals surface area contributed by atoms with Crippen LogP contribution >= 0.6 is 0 Å². The number of aromatic nitrogens is 3. The van der Waals surface area contributed by atoms with Crippen molar-refractivity contribution in [2.75, 3.05) is 0 Å². The maximum atomic E-state index is 12.1. The summed E-state index contributed by atoms with van der Waals surface area (Å²) in [4.78, 5) is 16.4. The van der Waals surface area contributed by atoms with Crippen LogP contribution in [0.2, 0.25) is 0 Å². The first-order chi connectivity index (χ1) is 8.79. The number of esters is 1. The molecule has 0 aliphatic carbocycles. The van der Waals surface area contributed by atoms with Gasteiger partial charge in [-0.25, -0.2) is 0 Å². The molecule has 0 saturated carbocycles. The second-order valence-corrected chi connectivity index (χ2v) is 6.03. The van der Waals surface area contributed by atoms with Crippen LogP contribution in [-0.2, 0) is 11.8 Å². The van der Waals surface area contributed by atoms with Crippen LogP contribution in [0.4, 0.5) is 0 Å².